The molecule has 0 bridgehead atoms. The summed E-state index contributed by atoms with van der Waals surface area (Å²) in [4.78, 5) is 3.99. The van der Waals surface area contributed by atoms with Crippen molar-refractivity contribution < 1.29 is 4.74 Å². The molecule has 0 aliphatic heterocycles. The lowest BCUT2D eigenvalue weighted by molar-refractivity contribution is 0.294. The summed E-state index contributed by atoms with van der Waals surface area (Å²) in [5.41, 5.74) is 6.94. The highest BCUT2D eigenvalue weighted by Gasteiger charge is 2.08. The fourth-order valence-electron chi connectivity index (χ4n) is 1.69. The predicted molar refractivity (Wildman–Crippen MR) is 74.5 cm³/mol. The van der Waals surface area contributed by atoms with Gasteiger partial charge in [-0.2, -0.15) is 0 Å². The van der Waals surface area contributed by atoms with Gasteiger partial charge in [0.2, 0.25) is 0 Å². The molecular formula is C13H16BrN3O. The summed E-state index contributed by atoms with van der Waals surface area (Å²) in [7, 11) is 0. The van der Waals surface area contributed by atoms with Gasteiger partial charge in [-0.3, -0.25) is 0 Å². The number of aromatic nitrogens is 2. The molecule has 1 heterocycles. The van der Waals surface area contributed by atoms with E-state index in [0.29, 0.717) is 6.61 Å². The minimum Gasteiger partial charge on any atom is -0.491 e. The van der Waals surface area contributed by atoms with Gasteiger partial charge in [-0.1, -0.05) is 15.9 Å². The maximum atomic E-state index is 5.93. The summed E-state index contributed by atoms with van der Waals surface area (Å²) >= 11 is 3.44. The molecule has 0 unspecified atom stereocenters. The van der Waals surface area contributed by atoms with Crippen molar-refractivity contribution in [3.05, 3.63) is 47.0 Å². The number of nitrogens with two attached hydrogens (primary N) is 1. The molecule has 96 valence electrons. The molecule has 0 spiro atoms. The van der Waals surface area contributed by atoms with E-state index in [4.69, 9.17) is 10.5 Å². The van der Waals surface area contributed by atoms with Crippen LogP contribution in [0.4, 0.5) is 0 Å². The first-order chi connectivity index (χ1) is 8.66. The summed E-state index contributed by atoms with van der Waals surface area (Å²) in [6.45, 7) is 3.32. The maximum Gasteiger partial charge on any atom is 0.124 e. The number of halogens is 1. The topological polar surface area (TPSA) is 53.1 Å². The van der Waals surface area contributed by atoms with Gasteiger partial charge in [0, 0.05) is 28.5 Å². The normalized spacial score (nSPS) is 12.4. The van der Waals surface area contributed by atoms with Crippen molar-refractivity contribution in [3.63, 3.8) is 0 Å². The second kappa shape index (κ2) is 6.02. The Kier molecular flexibility index (Phi) is 4.38. The van der Waals surface area contributed by atoms with Gasteiger partial charge in [-0.05, 0) is 25.1 Å². The molecule has 0 aliphatic carbocycles. The monoisotopic (exact) mass is 309 g/mol. The van der Waals surface area contributed by atoms with Gasteiger partial charge >= 0.3 is 0 Å². The number of rotatable bonds is 5. The van der Waals surface area contributed by atoms with Crippen molar-refractivity contribution in [1.82, 2.24) is 9.55 Å². The van der Waals surface area contributed by atoms with Gasteiger partial charge in [0.15, 0.2) is 0 Å². The Morgan fingerprint density at radius 3 is 3.00 bits per heavy atom. The summed E-state index contributed by atoms with van der Waals surface area (Å²) < 4.78 is 8.76. The van der Waals surface area contributed by atoms with E-state index in [1.807, 2.05) is 35.9 Å². The lowest BCUT2D eigenvalue weighted by Crippen LogP contribution is -2.11. The van der Waals surface area contributed by atoms with E-state index >= 15 is 0 Å². The molecule has 1 atom stereocenters. The standard InChI is InChI=1S/C13H16BrN3O/c1-10(15)12-8-11(14)2-3-13(12)18-7-6-17-5-4-16-9-17/h2-5,8-10H,6-7,15H2,1H3/t10-/m0/s1. The fraction of sp³-hybridized carbons (Fsp3) is 0.308. The Bertz CT molecular complexity index is 497. The Morgan fingerprint density at radius 2 is 2.33 bits per heavy atom. The molecule has 1 aromatic heterocycles. The molecular weight excluding hydrogens is 294 g/mol. The molecule has 2 rings (SSSR count). The van der Waals surface area contributed by atoms with Crippen molar-refractivity contribution in [1.29, 1.82) is 0 Å². The van der Waals surface area contributed by atoms with E-state index in [2.05, 4.69) is 20.9 Å². The summed E-state index contributed by atoms with van der Waals surface area (Å²) in [5.74, 6) is 0.841. The molecule has 0 aliphatic rings. The van der Waals surface area contributed by atoms with E-state index in [0.717, 1.165) is 22.3 Å². The number of hydrogen-bond acceptors (Lipinski definition) is 3. The smallest absolute Gasteiger partial charge is 0.124 e. The Labute approximate surface area is 115 Å². The Hall–Kier alpha value is -1.33. The lowest BCUT2D eigenvalue weighted by Gasteiger charge is -2.14. The minimum atomic E-state index is -0.0502. The zero-order valence-electron chi connectivity index (χ0n) is 10.2. The molecule has 18 heavy (non-hydrogen) atoms. The van der Waals surface area contributed by atoms with E-state index < -0.39 is 0 Å². The minimum absolute atomic E-state index is 0.0502. The van der Waals surface area contributed by atoms with Crippen molar-refractivity contribution in [3.8, 4) is 5.75 Å². The summed E-state index contributed by atoms with van der Waals surface area (Å²) in [6.07, 6.45) is 5.45. The Balaban J connectivity index is 2.00. The third kappa shape index (κ3) is 3.34. The molecule has 4 nitrogen and oxygen atoms in total. The van der Waals surface area contributed by atoms with Crippen LogP contribution in [0.25, 0.3) is 0 Å². The van der Waals surface area contributed by atoms with E-state index in [9.17, 15) is 0 Å². The first-order valence-electron chi connectivity index (χ1n) is 5.80. The predicted octanol–water partition coefficient (Wildman–Crippen LogP) is 2.74. The van der Waals surface area contributed by atoms with Crippen LogP contribution in [-0.2, 0) is 6.54 Å². The highest BCUT2D eigenvalue weighted by atomic mass is 79.9. The molecule has 0 amide bonds. The van der Waals surface area contributed by atoms with Crippen LogP contribution in [0.2, 0.25) is 0 Å². The van der Waals surface area contributed by atoms with Crippen LogP contribution in [0, 0.1) is 0 Å². The number of nitrogens with zero attached hydrogens (tertiary/aromatic N) is 2. The van der Waals surface area contributed by atoms with Crippen LogP contribution in [0.1, 0.15) is 18.5 Å². The van der Waals surface area contributed by atoms with Gasteiger partial charge in [-0.25, -0.2) is 4.98 Å². The first-order valence-corrected chi connectivity index (χ1v) is 6.59. The summed E-state index contributed by atoms with van der Waals surface area (Å²) in [6, 6.07) is 5.84. The van der Waals surface area contributed by atoms with Crippen molar-refractivity contribution in [2.45, 2.75) is 19.5 Å². The second-order valence-corrected chi connectivity index (χ2v) is 5.04. The van der Waals surface area contributed by atoms with Gasteiger partial charge in [0.05, 0.1) is 12.9 Å². The quantitative estimate of drug-likeness (QED) is 0.924. The van der Waals surface area contributed by atoms with Crippen molar-refractivity contribution in [2.75, 3.05) is 6.61 Å². The fourth-order valence-corrected chi connectivity index (χ4v) is 2.07. The summed E-state index contributed by atoms with van der Waals surface area (Å²) in [5, 5.41) is 0. The average molecular weight is 310 g/mol. The van der Waals surface area contributed by atoms with Crippen LogP contribution in [0.5, 0.6) is 5.75 Å². The highest BCUT2D eigenvalue weighted by molar-refractivity contribution is 9.10. The van der Waals surface area contributed by atoms with Crippen molar-refractivity contribution >= 4 is 15.9 Å². The third-order valence-electron chi connectivity index (χ3n) is 2.63. The molecule has 5 heteroatoms. The number of hydrogen-bond donors (Lipinski definition) is 1. The second-order valence-electron chi connectivity index (χ2n) is 4.12. The van der Waals surface area contributed by atoms with Gasteiger partial charge < -0.3 is 15.0 Å². The van der Waals surface area contributed by atoms with E-state index in [-0.39, 0.29) is 6.04 Å². The lowest BCUT2D eigenvalue weighted by atomic mass is 10.1. The maximum absolute atomic E-state index is 5.93. The third-order valence-corrected chi connectivity index (χ3v) is 3.12. The van der Waals surface area contributed by atoms with Crippen LogP contribution >= 0.6 is 15.9 Å². The largest absolute Gasteiger partial charge is 0.491 e. The first kappa shape index (κ1) is 13.1. The van der Waals surface area contributed by atoms with Gasteiger partial charge in [0.25, 0.3) is 0 Å². The zero-order chi connectivity index (χ0) is 13.0. The molecule has 0 fully saturated rings. The number of imidazole rings is 1. The van der Waals surface area contributed by atoms with Crippen LogP contribution in [0.15, 0.2) is 41.4 Å². The van der Waals surface area contributed by atoms with Gasteiger partial charge in [0.1, 0.15) is 12.4 Å². The van der Waals surface area contributed by atoms with E-state index in [1.165, 1.54) is 0 Å². The van der Waals surface area contributed by atoms with E-state index in [1.54, 1.807) is 12.5 Å². The van der Waals surface area contributed by atoms with Crippen LogP contribution < -0.4 is 10.5 Å². The van der Waals surface area contributed by atoms with Crippen LogP contribution in [-0.4, -0.2) is 16.2 Å². The van der Waals surface area contributed by atoms with Crippen LogP contribution in [0.3, 0.4) is 0 Å². The molecule has 2 N–H and O–H groups in total. The average Bonchev–Trinajstić information content (AvgIpc) is 2.84. The SMILES string of the molecule is C[C@H](N)c1cc(Br)ccc1OCCn1ccnc1. The number of ether oxygens (including phenoxy) is 1. The highest BCUT2D eigenvalue weighted by Crippen LogP contribution is 2.27. The van der Waals surface area contributed by atoms with Gasteiger partial charge in [-0.15, -0.1) is 0 Å². The Morgan fingerprint density at radius 1 is 1.50 bits per heavy atom. The van der Waals surface area contributed by atoms with Crippen molar-refractivity contribution in [2.24, 2.45) is 5.73 Å². The molecule has 1 aromatic carbocycles. The number of benzene rings is 1. The molecule has 0 saturated heterocycles. The molecule has 0 radical (unpaired) electrons. The zero-order valence-corrected chi connectivity index (χ0v) is 11.8. The molecule has 2 aromatic rings. The molecule has 0 saturated carbocycles.